The van der Waals surface area contributed by atoms with Crippen molar-refractivity contribution in [1.29, 1.82) is 0 Å². The number of hydrogen-bond donors (Lipinski definition) is 1. The monoisotopic (exact) mass is 546 g/mol. The average molecular weight is 547 g/mol. The lowest BCUT2D eigenvalue weighted by Crippen LogP contribution is -2.45. The van der Waals surface area contributed by atoms with Crippen LogP contribution in [-0.4, -0.2) is 39.5 Å². The Bertz CT molecular complexity index is 1140. The molecule has 2 atom stereocenters. The summed E-state index contributed by atoms with van der Waals surface area (Å²) < 4.78 is 47.5. The first-order valence-electron chi connectivity index (χ1n) is 11.0. The summed E-state index contributed by atoms with van der Waals surface area (Å²) in [5, 5.41) is 3.17. The predicted molar refractivity (Wildman–Crippen MR) is 135 cm³/mol. The Balaban J connectivity index is 2.24. The fourth-order valence-electron chi connectivity index (χ4n) is 3.52. The molecule has 0 radical (unpaired) electrons. The summed E-state index contributed by atoms with van der Waals surface area (Å²) in [6.07, 6.45) is 0.558. The fraction of sp³-hybridized carbons (Fsp3) is 0.417. The van der Waals surface area contributed by atoms with Crippen LogP contribution >= 0.6 is 23.2 Å². The van der Waals surface area contributed by atoms with Crippen LogP contribution in [0.25, 0.3) is 0 Å². The summed E-state index contributed by atoms with van der Waals surface area (Å²) in [5.41, 5.74) is -0.199. The van der Waals surface area contributed by atoms with Gasteiger partial charge in [0.2, 0.25) is 5.91 Å². The molecule has 0 saturated carbocycles. The average Bonchev–Trinajstić information content (AvgIpc) is 2.79. The van der Waals surface area contributed by atoms with Gasteiger partial charge in [0.1, 0.15) is 11.9 Å². The van der Waals surface area contributed by atoms with Gasteiger partial charge in [-0.3, -0.25) is 9.10 Å². The highest BCUT2D eigenvalue weighted by molar-refractivity contribution is 7.92. The van der Waals surface area contributed by atoms with Crippen LogP contribution in [0.2, 0.25) is 10.0 Å². The van der Waals surface area contributed by atoms with Gasteiger partial charge in [0.05, 0.1) is 17.7 Å². The summed E-state index contributed by atoms with van der Waals surface area (Å²) in [5.74, 6) is -1.84. The smallest absolute Gasteiger partial charge is 0.328 e. The molecule has 2 rings (SSSR count). The number of ether oxygens (including phenoxy) is 1. The minimum Gasteiger partial charge on any atom is -0.467 e. The lowest BCUT2D eigenvalue weighted by Gasteiger charge is -2.31. The lowest BCUT2D eigenvalue weighted by molar-refractivity contribution is -0.146. The zero-order valence-electron chi connectivity index (χ0n) is 19.9. The maximum Gasteiger partial charge on any atom is 0.328 e. The first-order chi connectivity index (χ1) is 16.4. The van der Waals surface area contributed by atoms with Gasteiger partial charge in [0.25, 0.3) is 10.0 Å². The largest absolute Gasteiger partial charge is 0.467 e. The van der Waals surface area contributed by atoms with E-state index in [1.54, 1.807) is 20.8 Å². The topological polar surface area (TPSA) is 92.8 Å². The Morgan fingerprint density at radius 3 is 2.23 bits per heavy atom. The van der Waals surface area contributed by atoms with Crippen molar-refractivity contribution in [3.63, 3.8) is 0 Å². The molecular formula is C24H29Cl2FN2O5S. The van der Waals surface area contributed by atoms with Gasteiger partial charge in [-0.15, -0.1) is 0 Å². The van der Waals surface area contributed by atoms with E-state index >= 15 is 0 Å². The zero-order chi connectivity index (χ0) is 26.3. The summed E-state index contributed by atoms with van der Waals surface area (Å²) in [6.45, 7) is 5.18. The zero-order valence-corrected chi connectivity index (χ0v) is 22.3. The molecule has 1 amide bonds. The number of rotatable bonds is 11. The van der Waals surface area contributed by atoms with E-state index in [9.17, 15) is 22.4 Å². The molecule has 0 aliphatic carbocycles. The van der Waals surface area contributed by atoms with Crippen molar-refractivity contribution < 1.29 is 27.1 Å². The quantitative estimate of drug-likeness (QED) is 0.391. The summed E-state index contributed by atoms with van der Waals surface area (Å²) in [7, 11) is -2.94. The molecule has 192 valence electrons. The molecule has 0 fully saturated rings. The number of sulfonamides is 1. The second-order valence-electron chi connectivity index (χ2n) is 8.40. The highest BCUT2D eigenvalue weighted by Crippen LogP contribution is 2.32. The molecular weight excluding hydrogens is 518 g/mol. The van der Waals surface area contributed by atoms with Crippen LogP contribution in [0.4, 0.5) is 10.1 Å². The van der Waals surface area contributed by atoms with Gasteiger partial charge < -0.3 is 10.1 Å². The van der Waals surface area contributed by atoms with Gasteiger partial charge in [0.15, 0.2) is 0 Å². The SMILES string of the molecule is COC(=O)[C@@H](NC(=O)CCC[C@@H](C)N(c1cc(Cl)ccc1F)S(=O)(=O)c1ccc(Cl)cc1)C(C)C. The number of carbonyl (C=O) groups is 2. The van der Waals surface area contributed by atoms with Crippen LogP contribution in [-0.2, 0) is 24.3 Å². The Morgan fingerprint density at radius 1 is 1.06 bits per heavy atom. The molecule has 0 unspecified atom stereocenters. The van der Waals surface area contributed by atoms with Crippen molar-refractivity contribution in [2.75, 3.05) is 11.4 Å². The minimum absolute atomic E-state index is 0.0391. The Morgan fingerprint density at radius 2 is 1.66 bits per heavy atom. The summed E-state index contributed by atoms with van der Waals surface area (Å²) >= 11 is 11.9. The molecule has 0 aromatic heterocycles. The van der Waals surface area contributed by atoms with E-state index in [0.717, 1.165) is 10.4 Å². The van der Waals surface area contributed by atoms with Crippen LogP contribution in [0, 0.1) is 11.7 Å². The number of esters is 1. The fourth-order valence-corrected chi connectivity index (χ4v) is 5.50. The molecule has 1 N–H and O–H groups in total. The summed E-state index contributed by atoms with van der Waals surface area (Å²) in [4.78, 5) is 24.2. The van der Waals surface area contributed by atoms with E-state index < -0.39 is 33.9 Å². The van der Waals surface area contributed by atoms with Gasteiger partial charge in [-0.05, 0) is 68.1 Å². The predicted octanol–water partition coefficient (Wildman–Crippen LogP) is 5.20. The van der Waals surface area contributed by atoms with Gasteiger partial charge in [-0.2, -0.15) is 0 Å². The van der Waals surface area contributed by atoms with Crippen molar-refractivity contribution >= 4 is 50.8 Å². The van der Waals surface area contributed by atoms with E-state index in [1.807, 2.05) is 0 Å². The molecule has 0 heterocycles. The van der Waals surface area contributed by atoms with E-state index in [2.05, 4.69) is 5.32 Å². The number of halogens is 3. The number of nitrogens with one attached hydrogen (secondary N) is 1. The van der Waals surface area contributed by atoms with Crippen LogP contribution < -0.4 is 9.62 Å². The highest BCUT2D eigenvalue weighted by atomic mass is 35.5. The molecule has 11 heteroatoms. The van der Waals surface area contributed by atoms with E-state index in [4.69, 9.17) is 27.9 Å². The minimum atomic E-state index is -4.19. The molecule has 2 aromatic carbocycles. The molecule has 0 spiro atoms. The third-order valence-electron chi connectivity index (χ3n) is 5.38. The molecule has 35 heavy (non-hydrogen) atoms. The Kier molecular flexibility index (Phi) is 10.4. The molecule has 2 aromatic rings. The molecule has 0 aliphatic heterocycles. The highest BCUT2D eigenvalue weighted by Gasteiger charge is 2.32. The summed E-state index contributed by atoms with van der Waals surface area (Å²) in [6, 6.07) is 7.71. The molecule has 0 bridgehead atoms. The van der Waals surface area contributed by atoms with E-state index in [0.29, 0.717) is 5.02 Å². The molecule has 0 saturated heterocycles. The van der Waals surface area contributed by atoms with Crippen molar-refractivity contribution in [2.24, 2.45) is 5.92 Å². The van der Waals surface area contributed by atoms with Crippen molar-refractivity contribution in [1.82, 2.24) is 5.32 Å². The van der Waals surface area contributed by atoms with Gasteiger partial charge in [-0.1, -0.05) is 37.0 Å². The normalized spacial score (nSPS) is 13.3. The maximum absolute atomic E-state index is 14.8. The molecule has 0 aliphatic rings. The third kappa shape index (κ3) is 7.56. The van der Waals surface area contributed by atoms with Crippen LogP contribution in [0.15, 0.2) is 47.4 Å². The second kappa shape index (κ2) is 12.6. The Hall–Kier alpha value is -2.36. The second-order valence-corrected chi connectivity index (χ2v) is 11.1. The number of hydrogen-bond acceptors (Lipinski definition) is 5. The first-order valence-corrected chi connectivity index (χ1v) is 13.2. The number of anilines is 1. The van der Waals surface area contributed by atoms with E-state index in [1.165, 1.54) is 43.5 Å². The number of methoxy groups -OCH3 is 1. The van der Waals surface area contributed by atoms with Crippen molar-refractivity contribution in [3.8, 4) is 0 Å². The van der Waals surface area contributed by atoms with Gasteiger partial charge in [0, 0.05) is 22.5 Å². The number of benzene rings is 2. The van der Waals surface area contributed by atoms with E-state index in [-0.39, 0.29) is 46.7 Å². The number of carbonyl (C=O) groups excluding carboxylic acids is 2. The number of nitrogens with zero attached hydrogens (tertiary/aromatic N) is 1. The van der Waals surface area contributed by atoms with Crippen LogP contribution in [0.1, 0.15) is 40.0 Å². The van der Waals surface area contributed by atoms with Crippen LogP contribution in [0.5, 0.6) is 0 Å². The standard InChI is InChI=1S/C24H29Cl2FN2O5S/c1-15(2)23(24(31)34-4)28-22(30)7-5-6-16(3)29(21-14-18(26)10-13-20(21)27)35(32,33)19-11-8-17(25)9-12-19/h8-16,23H,5-7H2,1-4H3,(H,28,30)/t16-,23+/m1/s1. The Labute approximate surface area is 215 Å². The van der Waals surface area contributed by atoms with Gasteiger partial charge in [-0.25, -0.2) is 17.6 Å². The van der Waals surface area contributed by atoms with Crippen LogP contribution in [0.3, 0.4) is 0 Å². The third-order valence-corrected chi connectivity index (χ3v) is 7.81. The van der Waals surface area contributed by atoms with Gasteiger partial charge >= 0.3 is 5.97 Å². The lowest BCUT2D eigenvalue weighted by atomic mass is 10.0. The molecule has 7 nitrogen and oxygen atoms in total. The number of amides is 1. The van der Waals surface area contributed by atoms with Crippen molar-refractivity contribution in [3.05, 3.63) is 58.3 Å². The maximum atomic E-state index is 14.8. The van der Waals surface area contributed by atoms with Crippen molar-refractivity contribution in [2.45, 2.75) is 57.0 Å². The first kappa shape index (κ1) is 28.9.